The van der Waals surface area contributed by atoms with E-state index in [2.05, 4.69) is 15.3 Å². The minimum Gasteiger partial charge on any atom is -0.348 e. The van der Waals surface area contributed by atoms with Crippen LogP contribution in [0.25, 0.3) is 0 Å². The molecule has 0 atom stereocenters. The molecule has 2 heterocycles. The maximum atomic E-state index is 13.9. The van der Waals surface area contributed by atoms with Crippen molar-refractivity contribution in [1.29, 1.82) is 0 Å². The highest BCUT2D eigenvalue weighted by Gasteiger charge is 2.29. The van der Waals surface area contributed by atoms with Gasteiger partial charge in [0.2, 0.25) is 5.91 Å². The molecule has 6 nitrogen and oxygen atoms in total. The van der Waals surface area contributed by atoms with Crippen LogP contribution in [0.1, 0.15) is 57.3 Å². The van der Waals surface area contributed by atoms with Gasteiger partial charge in [-0.15, -0.1) is 0 Å². The van der Waals surface area contributed by atoms with Gasteiger partial charge in [-0.3, -0.25) is 9.59 Å². The number of carbonyl (C=O) groups is 2. The Labute approximate surface area is 203 Å². The number of aromatic nitrogens is 2. The molecule has 0 spiro atoms. The number of amides is 2. The summed E-state index contributed by atoms with van der Waals surface area (Å²) >= 11 is 0. The van der Waals surface area contributed by atoms with Gasteiger partial charge in [0, 0.05) is 37.3 Å². The normalized spacial score (nSPS) is 14.1. The number of rotatable bonds is 6. The average molecular weight is 479 g/mol. The van der Waals surface area contributed by atoms with E-state index < -0.39 is 11.6 Å². The van der Waals surface area contributed by atoms with Gasteiger partial charge in [-0.25, -0.2) is 18.7 Å². The van der Waals surface area contributed by atoms with Gasteiger partial charge in [0.05, 0.1) is 17.7 Å². The fraction of sp³-hybridized carbons (Fsp3) is 0.333. The molecule has 1 fully saturated rings. The number of aryl methyl sites for hydroxylation is 2. The van der Waals surface area contributed by atoms with Crippen LogP contribution in [0.5, 0.6) is 0 Å². The summed E-state index contributed by atoms with van der Waals surface area (Å²) in [4.78, 5) is 36.1. The molecule has 8 heteroatoms. The van der Waals surface area contributed by atoms with Crippen molar-refractivity contribution < 1.29 is 18.4 Å². The van der Waals surface area contributed by atoms with E-state index in [0.29, 0.717) is 49.6 Å². The molecule has 0 aliphatic carbocycles. The van der Waals surface area contributed by atoms with Gasteiger partial charge in [-0.05, 0) is 44.4 Å². The van der Waals surface area contributed by atoms with E-state index in [4.69, 9.17) is 0 Å². The molecule has 1 aliphatic rings. The average Bonchev–Trinajstić information content (AvgIpc) is 2.85. The van der Waals surface area contributed by atoms with Crippen molar-refractivity contribution in [2.45, 2.75) is 45.6 Å². The van der Waals surface area contributed by atoms with Crippen molar-refractivity contribution in [3.05, 3.63) is 94.1 Å². The van der Waals surface area contributed by atoms with Gasteiger partial charge in [0.15, 0.2) is 0 Å². The minimum atomic E-state index is -0.717. The highest BCUT2D eigenvalue weighted by atomic mass is 19.1. The lowest BCUT2D eigenvalue weighted by molar-refractivity contribution is -0.131. The minimum absolute atomic E-state index is 0.0225. The fourth-order valence-electron chi connectivity index (χ4n) is 4.44. The summed E-state index contributed by atoms with van der Waals surface area (Å²) in [6.07, 6.45) is 2.43. The molecule has 182 valence electrons. The molecule has 3 aromatic rings. The van der Waals surface area contributed by atoms with Gasteiger partial charge >= 0.3 is 0 Å². The Hall–Kier alpha value is -3.68. The second kappa shape index (κ2) is 10.7. The zero-order chi connectivity index (χ0) is 24.9. The Morgan fingerprint density at radius 3 is 2.43 bits per heavy atom. The number of carbonyl (C=O) groups excluding carboxylic acids is 2. The Bertz CT molecular complexity index is 1220. The molecule has 2 amide bonds. The lowest BCUT2D eigenvalue weighted by Crippen LogP contribution is -2.39. The Balaban J connectivity index is 1.41. The monoisotopic (exact) mass is 478 g/mol. The maximum Gasteiger partial charge on any atom is 0.254 e. The zero-order valence-electron chi connectivity index (χ0n) is 19.9. The van der Waals surface area contributed by atoms with Crippen LogP contribution in [0.3, 0.4) is 0 Å². The summed E-state index contributed by atoms with van der Waals surface area (Å²) in [5, 5.41) is 2.95. The summed E-state index contributed by atoms with van der Waals surface area (Å²) in [5.41, 5.74) is 3.02. The molecule has 35 heavy (non-hydrogen) atoms. The molecule has 2 aromatic carbocycles. The second-order valence-corrected chi connectivity index (χ2v) is 8.92. The van der Waals surface area contributed by atoms with Crippen molar-refractivity contribution in [2.24, 2.45) is 0 Å². The first-order valence-electron chi connectivity index (χ1n) is 11.7. The first-order valence-corrected chi connectivity index (χ1v) is 11.7. The summed E-state index contributed by atoms with van der Waals surface area (Å²) in [7, 11) is 0. The van der Waals surface area contributed by atoms with Crippen LogP contribution in [0.4, 0.5) is 8.78 Å². The number of nitrogens with one attached hydrogen (secondary N) is 1. The quantitative estimate of drug-likeness (QED) is 0.575. The predicted molar refractivity (Wildman–Crippen MR) is 128 cm³/mol. The molecule has 1 saturated heterocycles. The summed E-state index contributed by atoms with van der Waals surface area (Å²) in [5.74, 6) is -1.44. The van der Waals surface area contributed by atoms with E-state index >= 15 is 0 Å². The van der Waals surface area contributed by atoms with Crippen LogP contribution < -0.4 is 5.32 Å². The summed E-state index contributed by atoms with van der Waals surface area (Å²) < 4.78 is 27.9. The van der Waals surface area contributed by atoms with Crippen molar-refractivity contribution in [3.8, 4) is 0 Å². The maximum absolute atomic E-state index is 13.9. The smallest absolute Gasteiger partial charge is 0.254 e. The van der Waals surface area contributed by atoms with Crippen molar-refractivity contribution in [3.63, 3.8) is 0 Å². The van der Waals surface area contributed by atoms with E-state index in [9.17, 15) is 18.4 Å². The van der Waals surface area contributed by atoms with Crippen molar-refractivity contribution in [1.82, 2.24) is 20.2 Å². The lowest BCUT2D eigenvalue weighted by Gasteiger charge is -2.32. The molecule has 4 rings (SSSR count). The van der Waals surface area contributed by atoms with Gasteiger partial charge < -0.3 is 10.2 Å². The number of hydrogen-bond acceptors (Lipinski definition) is 4. The molecular weight excluding hydrogens is 450 g/mol. The van der Waals surface area contributed by atoms with E-state index in [1.807, 2.05) is 31.2 Å². The molecule has 1 aromatic heterocycles. The van der Waals surface area contributed by atoms with Gasteiger partial charge in [-0.2, -0.15) is 0 Å². The van der Waals surface area contributed by atoms with E-state index in [-0.39, 0.29) is 29.7 Å². The number of benzene rings is 2. The third-order valence-electron chi connectivity index (χ3n) is 6.34. The van der Waals surface area contributed by atoms with E-state index in [1.54, 1.807) is 18.0 Å². The summed E-state index contributed by atoms with van der Waals surface area (Å²) in [6, 6.07) is 11.5. The van der Waals surface area contributed by atoms with Crippen molar-refractivity contribution in [2.75, 3.05) is 13.1 Å². The first kappa shape index (κ1) is 24.4. The third-order valence-corrected chi connectivity index (χ3v) is 6.34. The van der Waals surface area contributed by atoms with Gasteiger partial charge in [-0.1, -0.05) is 35.9 Å². The third kappa shape index (κ3) is 5.88. The van der Waals surface area contributed by atoms with Gasteiger partial charge in [0.25, 0.3) is 5.91 Å². The Kier molecular flexibility index (Phi) is 7.48. The van der Waals surface area contributed by atoms with Gasteiger partial charge in [0.1, 0.15) is 17.5 Å². The highest BCUT2D eigenvalue weighted by Crippen LogP contribution is 2.29. The number of likely N-dealkylation sites (tertiary alicyclic amines) is 1. The number of hydrogen-bond donors (Lipinski definition) is 1. The molecule has 1 N–H and O–H groups in total. The van der Waals surface area contributed by atoms with E-state index in [0.717, 1.165) is 23.3 Å². The van der Waals surface area contributed by atoms with Crippen LogP contribution in [-0.2, 0) is 17.8 Å². The largest absolute Gasteiger partial charge is 0.348 e. The second-order valence-electron chi connectivity index (χ2n) is 8.92. The Morgan fingerprint density at radius 1 is 1.06 bits per heavy atom. The standard InChI is InChI=1S/C27H28F2N4O2/c1-17-5-3-6-19(13-17)15-31-27(35)22-16-30-18(2)32-26(22)20-9-11-33(12-10-20)25(34)14-21-23(28)7-4-8-24(21)29/h3-8,13,16,20H,9-12,14-15H2,1-2H3,(H,31,35). The van der Waals surface area contributed by atoms with E-state index in [1.165, 1.54) is 6.07 Å². The molecule has 0 bridgehead atoms. The molecule has 0 radical (unpaired) electrons. The van der Waals surface area contributed by atoms with Crippen LogP contribution >= 0.6 is 0 Å². The topological polar surface area (TPSA) is 75.2 Å². The Morgan fingerprint density at radius 2 is 1.74 bits per heavy atom. The number of piperidine rings is 1. The predicted octanol–water partition coefficient (Wildman–Crippen LogP) is 4.25. The SMILES string of the molecule is Cc1cccc(CNC(=O)c2cnc(C)nc2C2CCN(C(=O)Cc3c(F)cccc3F)CC2)c1. The molecule has 1 aliphatic heterocycles. The van der Waals surface area contributed by atoms with Crippen LogP contribution in [0.15, 0.2) is 48.7 Å². The number of nitrogens with zero attached hydrogens (tertiary/aromatic N) is 3. The molecule has 0 saturated carbocycles. The fourth-order valence-corrected chi connectivity index (χ4v) is 4.44. The summed E-state index contributed by atoms with van der Waals surface area (Å²) in [6.45, 7) is 5.02. The molecular formula is C27H28F2N4O2. The highest BCUT2D eigenvalue weighted by molar-refractivity contribution is 5.95. The zero-order valence-corrected chi connectivity index (χ0v) is 19.9. The van der Waals surface area contributed by atoms with Crippen LogP contribution in [-0.4, -0.2) is 39.8 Å². The first-order chi connectivity index (χ1) is 16.8. The number of halogens is 2. The van der Waals surface area contributed by atoms with Crippen LogP contribution in [0.2, 0.25) is 0 Å². The lowest BCUT2D eigenvalue weighted by atomic mass is 9.90. The van der Waals surface area contributed by atoms with Crippen LogP contribution in [0, 0.1) is 25.5 Å². The van der Waals surface area contributed by atoms with Crippen molar-refractivity contribution >= 4 is 11.8 Å². The molecule has 0 unspecified atom stereocenters.